The van der Waals surface area contributed by atoms with Crippen LogP contribution in [0, 0.1) is 12.7 Å². The average Bonchev–Trinajstić information content (AvgIpc) is 2.41. The lowest BCUT2D eigenvalue weighted by atomic mass is 9.95. The molecule has 0 aliphatic rings. The molecule has 1 N–H and O–H groups in total. The van der Waals surface area contributed by atoms with Gasteiger partial charge in [0, 0.05) is 23.6 Å². The molecule has 0 unspecified atom stereocenters. The summed E-state index contributed by atoms with van der Waals surface area (Å²) in [6.07, 6.45) is 0. The van der Waals surface area contributed by atoms with Crippen molar-refractivity contribution in [3.8, 4) is 11.3 Å². The van der Waals surface area contributed by atoms with Crippen molar-refractivity contribution in [1.82, 2.24) is 9.97 Å². The Bertz CT molecular complexity index is 678. The van der Waals surface area contributed by atoms with Crippen LogP contribution >= 0.6 is 11.6 Å². The summed E-state index contributed by atoms with van der Waals surface area (Å²) in [5.74, 6) is 1.07. The molecular formula is C16H19ClFN3. The van der Waals surface area contributed by atoms with E-state index in [0.29, 0.717) is 0 Å². The largest absolute Gasteiger partial charge is 0.373 e. The standard InChI is InChI=1S/C16H19ClFN3/c1-9-13(10-6-7-12(18)11(17)8-10)20-15(16(2,3)4)21-14(9)19-5/h6-8H,1-5H3,(H,19,20,21). The molecule has 5 heteroatoms. The van der Waals surface area contributed by atoms with Gasteiger partial charge in [-0.25, -0.2) is 14.4 Å². The molecule has 0 atom stereocenters. The second-order valence-corrected chi connectivity index (χ2v) is 6.41. The Labute approximate surface area is 129 Å². The summed E-state index contributed by atoms with van der Waals surface area (Å²) >= 11 is 5.89. The zero-order chi connectivity index (χ0) is 15.8. The van der Waals surface area contributed by atoms with E-state index in [1.54, 1.807) is 12.1 Å². The molecular weight excluding hydrogens is 289 g/mol. The fourth-order valence-corrected chi connectivity index (χ4v) is 2.20. The van der Waals surface area contributed by atoms with Gasteiger partial charge < -0.3 is 5.32 Å². The highest BCUT2D eigenvalue weighted by atomic mass is 35.5. The molecule has 0 radical (unpaired) electrons. The molecule has 1 aromatic heterocycles. The minimum absolute atomic E-state index is 0.0915. The van der Waals surface area contributed by atoms with Crippen molar-refractivity contribution in [2.45, 2.75) is 33.1 Å². The van der Waals surface area contributed by atoms with Crippen LogP contribution in [0.5, 0.6) is 0 Å². The van der Waals surface area contributed by atoms with Crippen LogP contribution in [0.15, 0.2) is 18.2 Å². The SMILES string of the molecule is CNc1nc(C(C)(C)C)nc(-c2ccc(F)c(Cl)c2)c1C. The number of aromatic nitrogens is 2. The Balaban J connectivity index is 2.69. The molecule has 0 saturated heterocycles. The second kappa shape index (κ2) is 5.60. The molecule has 0 amide bonds. The third kappa shape index (κ3) is 3.16. The minimum atomic E-state index is -0.433. The van der Waals surface area contributed by atoms with Crippen LogP contribution in [0.3, 0.4) is 0 Å². The molecule has 21 heavy (non-hydrogen) atoms. The Hall–Kier alpha value is -1.68. The van der Waals surface area contributed by atoms with Gasteiger partial charge in [0.05, 0.1) is 10.7 Å². The molecule has 0 bridgehead atoms. The first kappa shape index (κ1) is 15.7. The maximum absolute atomic E-state index is 13.4. The van der Waals surface area contributed by atoms with Crippen LogP contribution in [0.4, 0.5) is 10.2 Å². The van der Waals surface area contributed by atoms with Crippen molar-refractivity contribution >= 4 is 17.4 Å². The summed E-state index contributed by atoms with van der Waals surface area (Å²) in [6.45, 7) is 8.10. The fraction of sp³-hybridized carbons (Fsp3) is 0.375. The molecule has 0 aliphatic heterocycles. The van der Waals surface area contributed by atoms with Crippen molar-refractivity contribution < 1.29 is 4.39 Å². The highest BCUT2D eigenvalue weighted by molar-refractivity contribution is 6.31. The van der Waals surface area contributed by atoms with Crippen LogP contribution in [0.2, 0.25) is 5.02 Å². The molecule has 0 fully saturated rings. The summed E-state index contributed by atoms with van der Waals surface area (Å²) in [7, 11) is 1.82. The molecule has 0 saturated carbocycles. The van der Waals surface area contributed by atoms with Gasteiger partial charge in [0.15, 0.2) is 0 Å². The monoisotopic (exact) mass is 307 g/mol. The summed E-state index contributed by atoms with van der Waals surface area (Å²) in [4.78, 5) is 9.22. The van der Waals surface area contributed by atoms with E-state index in [1.165, 1.54) is 6.07 Å². The summed E-state index contributed by atoms with van der Waals surface area (Å²) in [5, 5.41) is 3.18. The maximum atomic E-state index is 13.4. The van der Waals surface area contributed by atoms with Crippen molar-refractivity contribution in [3.63, 3.8) is 0 Å². The van der Waals surface area contributed by atoms with E-state index in [2.05, 4.69) is 36.1 Å². The Kier molecular flexibility index (Phi) is 4.19. The number of hydrogen-bond acceptors (Lipinski definition) is 3. The predicted octanol–water partition coefficient (Wildman–Crippen LogP) is 4.58. The number of nitrogens with one attached hydrogen (secondary N) is 1. The van der Waals surface area contributed by atoms with Crippen LogP contribution < -0.4 is 5.32 Å². The molecule has 0 aliphatic carbocycles. The lowest BCUT2D eigenvalue weighted by Gasteiger charge is -2.20. The van der Waals surface area contributed by atoms with E-state index in [0.717, 1.165) is 28.5 Å². The molecule has 2 aromatic rings. The third-order valence-corrected chi connectivity index (χ3v) is 3.54. The van der Waals surface area contributed by atoms with Gasteiger partial charge in [-0.1, -0.05) is 32.4 Å². The Morgan fingerprint density at radius 3 is 2.38 bits per heavy atom. The van der Waals surface area contributed by atoms with Gasteiger partial charge in [-0.15, -0.1) is 0 Å². The third-order valence-electron chi connectivity index (χ3n) is 3.25. The fourth-order valence-electron chi connectivity index (χ4n) is 2.02. The number of hydrogen-bond donors (Lipinski definition) is 1. The Morgan fingerprint density at radius 2 is 1.86 bits per heavy atom. The molecule has 2 rings (SSSR count). The summed E-state index contributed by atoms with van der Waals surface area (Å²) in [6, 6.07) is 4.63. The van der Waals surface area contributed by atoms with Gasteiger partial charge in [-0.3, -0.25) is 0 Å². The smallest absolute Gasteiger partial charge is 0.141 e. The van der Waals surface area contributed by atoms with Crippen molar-refractivity contribution in [2.75, 3.05) is 12.4 Å². The number of rotatable bonds is 2. The zero-order valence-corrected chi connectivity index (χ0v) is 13.6. The van der Waals surface area contributed by atoms with E-state index in [-0.39, 0.29) is 10.4 Å². The highest BCUT2D eigenvalue weighted by Gasteiger charge is 2.21. The van der Waals surface area contributed by atoms with Gasteiger partial charge in [0.1, 0.15) is 17.5 Å². The van der Waals surface area contributed by atoms with Crippen LogP contribution in [-0.4, -0.2) is 17.0 Å². The first-order valence-electron chi connectivity index (χ1n) is 6.76. The first-order chi connectivity index (χ1) is 9.74. The van der Waals surface area contributed by atoms with Gasteiger partial charge in [-0.05, 0) is 25.1 Å². The quantitative estimate of drug-likeness (QED) is 0.882. The number of anilines is 1. The second-order valence-electron chi connectivity index (χ2n) is 6.00. The van der Waals surface area contributed by atoms with E-state index in [9.17, 15) is 4.39 Å². The van der Waals surface area contributed by atoms with Crippen molar-refractivity contribution in [2.24, 2.45) is 0 Å². The van der Waals surface area contributed by atoms with E-state index < -0.39 is 5.82 Å². The van der Waals surface area contributed by atoms with Crippen LogP contribution in [0.25, 0.3) is 11.3 Å². The lowest BCUT2D eigenvalue weighted by Crippen LogP contribution is -2.18. The first-order valence-corrected chi connectivity index (χ1v) is 7.14. The minimum Gasteiger partial charge on any atom is -0.373 e. The van der Waals surface area contributed by atoms with Crippen LogP contribution in [-0.2, 0) is 5.41 Å². The van der Waals surface area contributed by atoms with Crippen molar-refractivity contribution in [3.05, 3.63) is 40.4 Å². The number of benzene rings is 1. The van der Waals surface area contributed by atoms with Gasteiger partial charge in [-0.2, -0.15) is 0 Å². The van der Waals surface area contributed by atoms with Crippen molar-refractivity contribution in [1.29, 1.82) is 0 Å². The summed E-state index contributed by atoms with van der Waals surface area (Å²) < 4.78 is 13.4. The number of nitrogens with zero attached hydrogens (tertiary/aromatic N) is 2. The van der Waals surface area contributed by atoms with Crippen LogP contribution in [0.1, 0.15) is 32.2 Å². The van der Waals surface area contributed by atoms with Gasteiger partial charge in [0.25, 0.3) is 0 Å². The number of halogens is 2. The molecule has 112 valence electrons. The highest BCUT2D eigenvalue weighted by Crippen LogP contribution is 2.31. The normalized spacial score (nSPS) is 11.6. The van der Waals surface area contributed by atoms with E-state index in [1.807, 2.05) is 14.0 Å². The zero-order valence-electron chi connectivity index (χ0n) is 12.9. The van der Waals surface area contributed by atoms with Gasteiger partial charge in [0.2, 0.25) is 0 Å². The molecule has 1 aromatic carbocycles. The molecule has 0 spiro atoms. The Morgan fingerprint density at radius 1 is 1.19 bits per heavy atom. The topological polar surface area (TPSA) is 37.8 Å². The summed E-state index contributed by atoms with van der Waals surface area (Å²) in [5.41, 5.74) is 2.27. The predicted molar refractivity (Wildman–Crippen MR) is 85.4 cm³/mol. The van der Waals surface area contributed by atoms with E-state index in [4.69, 9.17) is 11.6 Å². The van der Waals surface area contributed by atoms with E-state index >= 15 is 0 Å². The average molecular weight is 308 g/mol. The lowest BCUT2D eigenvalue weighted by molar-refractivity contribution is 0.546. The van der Waals surface area contributed by atoms with Gasteiger partial charge >= 0.3 is 0 Å². The maximum Gasteiger partial charge on any atom is 0.141 e. The molecule has 1 heterocycles. The molecule has 3 nitrogen and oxygen atoms in total.